The molecule has 2 aromatic rings. The molecule has 0 radical (unpaired) electrons. The molecule has 2 N–H and O–H groups in total. The minimum atomic E-state index is -0.0525. The molecule has 7 heteroatoms. The molecule has 1 amide bonds. The van der Waals surface area contributed by atoms with Crippen LogP contribution in [0.1, 0.15) is 40.4 Å². The predicted molar refractivity (Wildman–Crippen MR) is 114 cm³/mol. The molecule has 0 unspecified atom stereocenters. The summed E-state index contributed by atoms with van der Waals surface area (Å²) < 4.78 is 5.93. The number of aryl methyl sites for hydroxylation is 2. The summed E-state index contributed by atoms with van der Waals surface area (Å²) in [5.41, 5.74) is 3.60. The van der Waals surface area contributed by atoms with Gasteiger partial charge in [-0.3, -0.25) is 9.78 Å². The molecule has 0 fully saturated rings. The highest BCUT2D eigenvalue weighted by molar-refractivity contribution is 5.94. The van der Waals surface area contributed by atoms with Crippen molar-refractivity contribution in [1.29, 1.82) is 0 Å². The Labute approximate surface area is 174 Å². The van der Waals surface area contributed by atoms with Crippen LogP contribution in [0.15, 0.2) is 36.7 Å². The summed E-state index contributed by atoms with van der Waals surface area (Å²) in [7, 11) is 0. The highest BCUT2D eigenvalue weighted by Gasteiger charge is 2.11. The third-order valence-corrected chi connectivity index (χ3v) is 3.84. The van der Waals surface area contributed by atoms with Gasteiger partial charge in [-0.15, -0.1) is 24.8 Å². The number of ether oxygens (including phenoxy) is 1. The van der Waals surface area contributed by atoms with Gasteiger partial charge in [0.1, 0.15) is 12.4 Å². The molecule has 0 aliphatic rings. The van der Waals surface area contributed by atoms with Crippen LogP contribution in [0.3, 0.4) is 0 Å². The smallest absolute Gasteiger partial charge is 0.251 e. The molecular weight excluding hydrogens is 385 g/mol. The molecule has 1 aromatic carbocycles. The molecule has 0 aliphatic carbocycles. The van der Waals surface area contributed by atoms with Crippen molar-refractivity contribution in [3.8, 4) is 5.75 Å². The van der Waals surface area contributed by atoms with E-state index in [2.05, 4.69) is 22.5 Å². The van der Waals surface area contributed by atoms with Crippen LogP contribution >= 0.6 is 24.8 Å². The van der Waals surface area contributed by atoms with Crippen LogP contribution in [0.25, 0.3) is 0 Å². The fourth-order valence-corrected chi connectivity index (χ4v) is 2.62. The van der Waals surface area contributed by atoms with E-state index in [0.717, 1.165) is 42.0 Å². The van der Waals surface area contributed by atoms with Crippen LogP contribution in [-0.2, 0) is 6.61 Å². The van der Waals surface area contributed by atoms with Gasteiger partial charge in [-0.1, -0.05) is 13.0 Å². The van der Waals surface area contributed by atoms with Gasteiger partial charge in [0.05, 0.1) is 0 Å². The van der Waals surface area contributed by atoms with Crippen LogP contribution in [0.4, 0.5) is 0 Å². The Morgan fingerprint density at radius 3 is 2.41 bits per heavy atom. The Hall–Kier alpha value is -1.82. The van der Waals surface area contributed by atoms with Crippen LogP contribution in [-0.4, -0.2) is 30.5 Å². The summed E-state index contributed by atoms with van der Waals surface area (Å²) >= 11 is 0. The van der Waals surface area contributed by atoms with Crippen LogP contribution in [0.5, 0.6) is 5.75 Å². The monoisotopic (exact) mass is 413 g/mol. The van der Waals surface area contributed by atoms with Gasteiger partial charge in [0.15, 0.2) is 0 Å². The second kappa shape index (κ2) is 13.4. The first-order valence-corrected chi connectivity index (χ1v) is 8.73. The second-order valence-electron chi connectivity index (χ2n) is 6.10. The summed E-state index contributed by atoms with van der Waals surface area (Å²) in [6.45, 7) is 8.88. The van der Waals surface area contributed by atoms with Gasteiger partial charge in [-0.25, -0.2) is 0 Å². The van der Waals surface area contributed by atoms with Crippen molar-refractivity contribution in [1.82, 2.24) is 15.6 Å². The zero-order valence-electron chi connectivity index (χ0n) is 16.1. The van der Waals surface area contributed by atoms with E-state index in [1.807, 2.05) is 38.1 Å². The third kappa shape index (κ3) is 8.16. The van der Waals surface area contributed by atoms with Gasteiger partial charge >= 0.3 is 0 Å². The minimum Gasteiger partial charge on any atom is -0.488 e. The lowest BCUT2D eigenvalue weighted by Gasteiger charge is -2.14. The lowest BCUT2D eigenvalue weighted by atomic mass is 10.0. The SMILES string of the molecule is CCCNCCNC(=O)c1cc(C)c(OCc2cccnc2)c(C)c1.Cl.Cl. The summed E-state index contributed by atoms with van der Waals surface area (Å²) in [5.74, 6) is 0.772. The lowest BCUT2D eigenvalue weighted by Crippen LogP contribution is -2.32. The van der Waals surface area contributed by atoms with Crippen molar-refractivity contribution < 1.29 is 9.53 Å². The zero-order valence-corrected chi connectivity index (χ0v) is 17.7. The highest BCUT2D eigenvalue weighted by Crippen LogP contribution is 2.25. The van der Waals surface area contributed by atoms with Crippen molar-refractivity contribution >= 4 is 30.7 Å². The van der Waals surface area contributed by atoms with E-state index in [1.54, 1.807) is 12.4 Å². The molecule has 2 rings (SSSR count). The van der Waals surface area contributed by atoms with Crippen molar-refractivity contribution in [3.05, 3.63) is 58.9 Å². The van der Waals surface area contributed by atoms with E-state index in [-0.39, 0.29) is 30.7 Å². The maximum atomic E-state index is 12.3. The number of hydrogen-bond donors (Lipinski definition) is 2. The average molecular weight is 414 g/mol. The molecule has 0 spiro atoms. The van der Waals surface area contributed by atoms with Crippen molar-refractivity contribution in [2.45, 2.75) is 33.8 Å². The number of hydrogen-bond acceptors (Lipinski definition) is 4. The molecule has 150 valence electrons. The van der Waals surface area contributed by atoms with Crippen molar-refractivity contribution in [2.75, 3.05) is 19.6 Å². The second-order valence-corrected chi connectivity index (χ2v) is 6.10. The summed E-state index contributed by atoms with van der Waals surface area (Å²) in [4.78, 5) is 16.4. The largest absolute Gasteiger partial charge is 0.488 e. The Morgan fingerprint density at radius 1 is 1.11 bits per heavy atom. The normalized spacial score (nSPS) is 9.74. The molecule has 1 aromatic heterocycles. The fourth-order valence-electron chi connectivity index (χ4n) is 2.62. The number of carbonyl (C=O) groups is 1. The van der Waals surface area contributed by atoms with E-state index in [4.69, 9.17) is 4.74 Å². The first kappa shape index (κ1) is 25.2. The van der Waals surface area contributed by atoms with Crippen LogP contribution in [0, 0.1) is 13.8 Å². The highest BCUT2D eigenvalue weighted by atomic mass is 35.5. The number of pyridine rings is 1. The first-order chi connectivity index (χ1) is 12.1. The maximum absolute atomic E-state index is 12.3. The molecular formula is C20H29Cl2N3O2. The van der Waals surface area contributed by atoms with E-state index >= 15 is 0 Å². The minimum absolute atomic E-state index is 0. The van der Waals surface area contributed by atoms with Crippen LogP contribution in [0.2, 0.25) is 0 Å². The molecule has 5 nitrogen and oxygen atoms in total. The third-order valence-electron chi connectivity index (χ3n) is 3.84. The van der Waals surface area contributed by atoms with E-state index in [1.165, 1.54) is 0 Å². The Morgan fingerprint density at radius 2 is 1.81 bits per heavy atom. The molecule has 1 heterocycles. The van der Waals surface area contributed by atoms with Crippen LogP contribution < -0.4 is 15.4 Å². The number of halogens is 2. The number of carbonyl (C=O) groups excluding carboxylic acids is 1. The summed E-state index contributed by atoms with van der Waals surface area (Å²) in [6, 6.07) is 7.62. The number of benzene rings is 1. The molecule has 0 saturated carbocycles. The van der Waals surface area contributed by atoms with Crippen molar-refractivity contribution in [2.24, 2.45) is 0 Å². The Balaban J connectivity index is 0.00000338. The van der Waals surface area contributed by atoms with Gasteiger partial charge < -0.3 is 15.4 Å². The topological polar surface area (TPSA) is 63.2 Å². The van der Waals surface area contributed by atoms with Crippen molar-refractivity contribution in [3.63, 3.8) is 0 Å². The zero-order chi connectivity index (χ0) is 18.1. The van der Waals surface area contributed by atoms with E-state index in [0.29, 0.717) is 18.7 Å². The standard InChI is InChI=1S/C20H27N3O2.2ClH/c1-4-7-21-9-10-23-20(24)18-11-15(2)19(16(3)12-18)25-14-17-6-5-8-22-13-17;;/h5-6,8,11-13,21H,4,7,9-10,14H2,1-3H3,(H,23,24);2*1H. The molecule has 0 bridgehead atoms. The molecule has 0 atom stereocenters. The van der Waals surface area contributed by atoms with Gasteiger partial charge in [-0.2, -0.15) is 0 Å². The maximum Gasteiger partial charge on any atom is 0.251 e. The fraction of sp³-hybridized carbons (Fsp3) is 0.400. The number of amides is 1. The first-order valence-electron chi connectivity index (χ1n) is 8.73. The molecule has 0 aliphatic heterocycles. The van der Waals surface area contributed by atoms with Gasteiger partial charge in [0, 0.05) is 36.6 Å². The lowest BCUT2D eigenvalue weighted by molar-refractivity contribution is 0.0953. The molecule has 0 saturated heterocycles. The van der Waals surface area contributed by atoms with Gasteiger partial charge in [0.2, 0.25) is 0 Å². The predicted octanol–water partition coefficient (Wildman–Crippen LogP) is 3.85. The quantitative estimate of drug-likeness (QED) is 0.612. The number of nitrogens with zero attached hydrogens (tertiary/aromatic N) is 1. The van der Waals surface area contributed by atoms with Gasteiger partial charge in [0.25, 0.3) is 5.91 Å². The summed E-state index contributed by atoms with van der Waals surface area (Å²) in [6.07, 6.45) is 4.62. The van der Waals surface area contributed by atoms with E-state index in [9.17, 15) is 4.79 Å². The number of nitrogens with one attached hydrogen (secondary N) is 2. The molecule has 27 heavy (non-hydrogen) atoms. The van der Waals surface area contributed by atoms with E-state index < -0.39 is 0 Å². The average Bonchev–Trinajstić information content (AvgIpc) is 2.61. The Bertz CT molecular complexity index is 674. The number of rotatable bonds is 9. The van der Waals surface area contributed by atoms with Gasteiger partial charge in [-0.05, 0) is 56.1 Å². The Kier molecular flexibility index (Phi) is 12.5. The summed E-state index contributed by atoms with van der Waals surface area (Å²) in [5, 5.41) is 6.21. The number of aromatic nitrogens is 1.